The summed E-state index contributed by atoms with van der Waals surface area (Å²) >= 11 is 0. The number of amides is 2. The summed E-state index contributed by atoms with van der Waals surface area (Å²) in [5, 5.41) is 6.69. The first kappa shape index (κ1) is 24.8. The van der Waals surface area contributed by atoms with E-state index in [0.717, 1.165) is 0 Å². The molecule has 2 aromatic rings. The van der Waals surface area contributed by atoms with E-state index in [1.54, 1.807) is 76.6 Å². The molecule has 0 aliphatic carbocycles. The SMILES string of the molecule is COc1ccc(NC(=O)OC(C)CN(N)CC(C)OC(=O)Nc2ccc(OC)cc2)cc1. The van der Waals surface area contributed by atoms with Gasteiger partial charge in [-0.25, -0.2) is 14.6 Å². The zero-order valence-corrected chi connectivity index (χ0v) is 18.7. The van der Waals surface area contributed by atoms with E-state index in [1.807, 2.05) is 0 Å². The highest BCUT2D eigenvalue weighted by atomic mass is 16.6. The van der Waals surface area contributed by atoms with Crippen molar-refractivity contribution in [1.29, 1.82) is 0 Å². The lowest BCUT2D eigenvalue weighted by Gasteiger charge is -2.24. The fourth-order valence-corrected chi connectivity index (χ4v) is 2.82. The van der Waals surface area contributed by atoms with Gasteiger partial charge in [-0.3, -0.25) is 16.5 Å². The second-order valence-electron chi connectivity index (χ2n) is 7.09. The van der Waals surface area contributed by atoms with E-state index in [-0.39, 0.29) is 13.1 Å². The molecule has 2 atom stereocenters. The molecule has 174 valence electrons. The van der Waals surface area contributed by atoms with Crippen LogP contribution in [0.5, 0.6) is 11.5 Å². The Morgan fingerprint density at radius 2 is 1.12 bits per heavy atom. The number of ether oxygens (including phenoxy) is 4. The second-order valence-corrected chi connectivity index (χ2v) is 7.09. The molecule has 0 spiro atoms. The van der Waals surface area contributed by atoms with Crippen LogP contribution in [0, 0.1) is 0 Å². The van der Waals surface area contributed by atoms with Gasteiger partial charge in [0.25, 0.3) is 0 Å². The molecule has 0 bridgehead atoms. The zero-order chi connectivity index (χ0) is 23.5. The molecule has 0 heterocycles. The maximum atomic E-state index is 12.0. The average Bonchev–Trinajstić information content (AvgIpc) is 2.74. The van der Waals surface area contributed by atoms with Crippen LogP contribution in [-0.4, -0.2) is 56.7 Å². The van der Waals surface area contributed by atoms with Gasteiger partial charge in [0.05, 0.1) is 27.3 Å². The van der Waals surface area contributed by atoms with Gasteiger partial charge in [-0.1, -0.05) is 0 Å². The minimum absolute atomic E-state index is 0.254. The van der Waals surface area contributed by atoms with Crippen LogP contribution in [0.3, 0.4) is 0 Å². The number of nitrogens with two attached hydrogens (primary N) is 1. The van der Waals surface area contributed by atoms with Crippen LogP contribution in [-0.2, 0) is 9.47 Å². The molecule has 0 aliphatic rings. The van der Waals surface area contributed by atoms with Gasteiger partial charge < -0.3 is 18.9 Å². The second kappa shape index (κ2) is 12.4. The van der Waals surface area contributed by atoms with E-state index in [0.29, 0.717) is 22.9 Å². The third-order valence-corrected chi connectivity index (χ3v) is 4.27. The number of hydrogen-bond acceptors (Lipinski definition) is 8. The lowest BCUT2D eigenvalue weighted by molar-refractivity contribution is 0.0592. The highest BCUT2D eigenvalue weighted by Gasteiger charge is 2.17. The van der Waals surface area contributed by atoms with Gasteiger partial charge in [-0.2, -0.15) is 0 Å². The summed E-state index contributed by atoms with van der Waals surface area (Å²) in [4.78, 5) is 24.1. The molecule has 10 heteroatoms. The molecule has 0 saturated heterocycles. The molecule has 2 rings (SSSR count). The van der Waals surface area contributed by atoms with Gasteiger partial charge in [0.1, 0.15) is 23.7 Å². The van der Waals surface area contributed by atoms with Gasteiger partial charge in [0.15, 0.2) is 0 Å². The smallest absolute Gasteiger partial charge is 0.411 e. The summed E-state index contributed by atoms with van der Waals surface area (Å²) in [7, 11) is 3.13. The summed E-state index contributed by atoms with van der Waals surface area (Å²) in [5.41, 5.74) is 1.16. The van der Waals surface area contributed by atoms with E-state index in [1.165, 1.54) is 5.01 Å². The lowest BCUT2D eigenvalue weighted by atomic mass is 10.3. The minimum Gasteiger partial charge on any atom is -0.497 e. The summed E-state index contributed by atoms with van der Waals surface area (Å²) in [6.45, 7) is 3.94. The van der Waals surface area contributed by atoms with Crippen LogP contribution in [0.15, 0.2) is 48.5 Å². The summed E-state index contributed by atoms with van der Waals surface area (Å²) in [6, 6.07) is 13.7. The maximum Gasteiger partial charge on any atom is 0.411 e. The number of rotatable bonds is 10. The number of nitrogens with zero attached hydrogens (tertiary/aromatic N) is 1. The Kier molecular flexibility index (Phi) is 9.58. The van der Waals surface area contributed by atoms with Gasteiger partial charge in [0.2, 0.25) is 0 Å². The predicted octanol–water partition coefficient (Wildman–Crippen LogP) is 3.45. The standard InChI is InChI=1S/C22H30N4O6/c1-15(31-21(27)24-17-5-9-19(29-3)10-6-17)13-26(23)14-16(2)32-22(28)25-18-7-11-20(30-4)12-8-18/h5-12,15-16H,13-14,23H2,1-4H3,(H,24,27)(H,25,28). The molecule has 0 saturated carbocycles. The van der Waals surface area contributed by atoms with Crippen LogP contribution in [0.1, 0.15) is 13.8 Å². The monoisotopic (exact) mass is 446 g/mol. The molecule has 0 radical (unpaired) electrons. The van der Waals surface area contributed by atoms with E-state index in [9.17, 15) is 9.59 Å². The Morgan fingerprint density at radius 3 is 1.44 bits per heavy atom. The maximum absolute atomic E-state index is 12.0. The zero-order valence-electron chi connectivity index (χ0n) is 18.7. The summed E-state index contributed by atoms with van der Waals surface area (Å²) in [5.74, 6) is 7.35. The van der Waals surface area contributed by atoms with Crippen LogP contribution in [0.2, 0.25) is 0 Å². The first-order valence-corrected chi connectivity index (χ1v) is 10.0. The molecular weight excluding hydrogens is 416 g/mol. The fourth-order valence-electron chi connectivity index (χ4n) is 2.82. The molecule has 2 aromatic carbocycles. The highest BCUT2D eigenvalue weighted by molar-refractivity contribution is 5.85. The first-order valence-electron chi connectivity index (χ1n) is 10.0. The van der Waals surface area contributed by atoms with Gasteiger partial charge in [-0.15, -0.1) is 0 Å². The molecule has 0 aromatic heterocycles. The normalized spacial score (nSPS) is 12.4. The predicted molar refractivity (Wildman–Crippen MR) is 121 cm³/mol. The third kappa shape index (κ3) is 8.70. The van der Waals surface area contributed by atoms with Crippen LogP contribution < -0.4 is 25.9 Å². The van der Waals surface area contributed by atoms with Crippen molar-refractivity contribution in [1.82, 2.24) is 5.01 Å². The largest absolute Gasteiger partial charge is 0.497 e. The van der Waals surface area contributed by atoms with Crippen molar-refractivity contribution in [3.8, 4) is 11.5 Å². The van der Waals surface area contributed by atoms with E-state index in [4.69, 9.17) is 24.8 Å². The van der Waals surface area contributed by atoms with Crippen molar-refractivity contribution in [2.24, 2.45) is 5.84 Å². The lowest BCUT2D eigenvalue weighted by Crippen LogP contribution is -2.44. The van der Waals surface area contributed by atoms with Crippen molar-refractivity contribution in [3.63, 3.8) is 0 Å². The molecule has 10 nitrogen and oxygen atoms in total. The van der Waals surface area contributed by atoms with E-state index in [2.05, 4.69) is 10.6 Å². The minimum atomic E-state index is -0.598. The Morgan fingerprint density at radius 1 is 0.781 bits per heavy atom. The van der Waals surface area contributed by atoms with E-state index >= 15 is 0 Å². The van der Waals surface area contributed by atoms with E-state index < -0.39 is 24.4 Å². The number of benzene rings is 2. The number of carbonyl (C=O) groups is 2. The Bertz CT molecular complexity index is 788. The summed E-state index contributed by atoms with van der Waals surface area (Å²) < 4.78 is 20.8. The van der Waals surface area contributed by atoms with Crippen molar-refractivity contribution in [2.75, 3.05) is 37.9 Å². The topological polar surface area (TPSA) is 124 Å². The highest BCUT2D eigenvalue weighted by Crippen LogP contribution is 2.16. The molecule has 4 N–H and O–H groups in total. The third-order valence-electron chi connectivity index (χ3n) is 4.27. The van der Waals surface area contributed by atoms with Crippen molar-refractivity contribution in [3.05, 3.63) is 48.5 Å². The fraction of sp³-hybridized carbons (Fsp3) is 0.364. The molecule has 0 aliphatic heterocycles. The first-order chi connectivity index (χ1) is 15.3. The van der Waals surface area contributed by atoms with Gasteiger partial charge in [0, 0.05) is 11.4 Å². The van der Waals surface area contributed by atoms with Crippen molar-refractivity contribution >= 4 is 23.6 Å². The number of anilines is 2. The number of hydrogen-bond donors (Lipinski definition) is 3. The van der Waals surface area contributed by atoms with Crippen LogP contribution in [0.25, 0.3) is 0 Å². The number of nitrogens with one attached hydrogen (secondary N) is 2. The molecule has 0 fully saturated rings. The molecule has 32 heavy (non-hydrogen) atoms. The van der Waals surface area contributed by atoms with Crippen LogP contribution in [0.4, 0.5) is 21.0 Å². The molecule has 2 unspecified atom stereocenters. The molecular formula is C22H30N4O6. The van der Waals surface area contributed by atoms with Crippen LogP contribution >= 0.6 is 0 Å². The molecule has 2 amide bonds. The number of hydrazine groups is 1. The Balaban J connectivity index is 1.69. The van der Waals surface area contributed by atoms with Crippen molar-refractivity contribution in [2.45, 2.75) is 26.1 Å². The summed E-state index contributed by atoms with van der Waals surface area (Å²) in [6.07, 6.45) is -2.17. The van der Waals surface area contributed by atoms with Gasteiger partial charge in [-0.05, 0) is 62.4 Å². The Labute approximate surface area is 187 Å². The number of methoxy groups -OCH3 is 2. The number of carbonyl (C=O) groups excluding carboxylic acids is 2. The Hall–Kier alpha value is -3.50. The average molecular weight is 447 g/mol. The van der Waals surface area contributed by atoms with Crippen molar-refractivity contribution < 1.29 is 28.5 Å². The van der Waals surface area contributed by atoms with Gasteiger partial charge >= 0.3 is 12.2 Å². The quantitative estimate of drug-likeness (QED) is 0.374.